The summed E-state index contributed by atoms with van der Waals surface area (Å²) >= 11 is 0. The van der Waals surface area contributed by atoms with Crippen LogP contribution in [-0.4, -0.2) is 25.7 Å². The van der Waals surface area contributed by atoms with Crippen LogP contribution >= 0.6 is 0 Å². The van der Waals surface area contributed by atoms with Crippen molar-refractivity contribution in [1.29, 1.82) is 0 Å². The quantitative estimate of drug-likeness (QED) is 0.469. The number of carbonyl (C=O) groups is 1. The fourth-order valence-electron chi connectivity index (χ4n) is 5.15. The largest absolute Gasteiger partial charge is 0.358 e. The number of carbonyl (C=O) groups excluding carboxylic acids is 1. The van der Waals surface area contributed by atoms with Crippen LogP contribution in [0.4, 0.5) is 5.69 Å². The van der Waals surface area contributed by atoms with E-state index >= 15 is 0 Å². The van der Waals surface area contributed by atoms with Gasteiger partial charge in [-0.3, -0.25) is 4.79 Å². The maximum absolute atomic E-state index is 12.9. The number of nitrogens with zero attached hydrogens (tertiary/aromatic N) is 3. The fourth-order valence-corrected chi connectivity index (χ4v) is 5.15. The molecule has 162 valence electrons. The minimum Gasteiger partial charge on any atom is -0.358 e. The van der Waals surface area contributed by atoms with Crippen molar-refractivity contribution in [1.82, 2.24) is 19.7 Å². The van der Waals surface area contributed by atoms with E-state index in [9.17, 15) is 4.79 Å². The molecule has 2 aromatic heterocycles. The second-order valence-corrected chi connectivity index (χ2v) is 8.98. The highest BCUT2D eigenvalue weighted by molar-refractivity contribution is 6.06. The van der Waals surface area contributed by atoms with Crippen molar-refractivity contribution in [2.24, 2.45) is 0 Å². The van der Waals surface area contributed by atoms with Gasteiger partial charge < -0.3 is 14.9 Å². The molecule has 6 nitrogen and oxygen atoms in total. The Bertz CT molecular complexity index is 1300. The molecule has 0 saturated carbocycles. The molecule has 0 unspecified atom stereocenters. The zero-order valence-corrected chi connectivity index (χ0v) is 18.2. The molecule has 1 amide bonds. The van der Waals surface area contributed by atoms with Crippen LogP contribution in [0.15, 0.2) is 42.5 Å². The van der Waals surface area contributed by atoms with Crippen molar-refractivity contribution in [3.05, 3.63) is 65.1 Å². The van der Waals surface area contributed by atoms with E-state index in [4.69, 9.17) is 0 Å². The van der Waals surface area contributed by atoms with Gasteiger partial charge in [-0.05, 0) is 86.6 Å². The van der Waals surface area contributed by atoms with Gasteiger partial charge in [0.25, 0.3) is 5.91 Å². The van der Waals surface area contributed by atoms with Crippen molar-refractivity contribution in [2.75, 3.05) is 5.32 Å². The van der Waals surface area contributed by atoms with Crippen LogP contribution in [-0.2, 0) is 25.8 Å². The Balaban J connectivity index is 1.22. The number of aryl methyl sites for hydroxylation is 3. The molecule has 6 heteroatoms. The lowest BCUT2D eigenvalue weighted by atomic mass is 9.95. The average molecular weight is 426 g/mol. The number of nitrogens with one attached hydrogen (secondary N) is 2. The molecule has 0 bridgehead atoms. The maximum atomic E-state index is 12.9. The highest BCUT2D eigenvalue weighted by atomic mass is 16.1. The molecule has 0 radical (unpaired) electrons. The predicted octanol–water partition coefficient (Wildman–Crippen LogP) is 5.28. The second kappa shape index (κ2) is 7.93. The topological polar surface area (TPSA) is 75.6 Å². The van der Waals surface area contributed by atoms with E-state index in [0.29, 0.717) is 5.56 Å². The van der Waals surface area contributed by atoms with Crippen molar-refractivity contribution in [2.45, 2.75) is 57.9 Å². The fraction of sp³-hybridized carbons (Fsp3) is 0.346. The van der Waals surface area contributed by atoms with Gasteiger partial charge >= 0.3 is 0 Å². The lowest BCUT2D eigenvalue weighted by Crippen LogP contribution is -2.11. The van der Waals surface area contributed by atoms with Gasteiger partial charge in [0.2, 0.25) is 0 Å². The van der Waals surface area contributed by atoms with Gasteiger partial charge in [-0.2, -0.15) is 0 Å². The van der Waals surface area contributed by atoms with Crippen molar-refractivity contribution < 1.29 is 4.79 Å². The number of aromatic amines is 1. The summed E-state index contributed by atoms with van der Waals surface area (Å²) in [5.74, 6) is 1.92. The number of hydrogen-bond acceptors (Lipinski definition) is 3. The monoisotopic (exact) mass is 425 g/mol. The van der Waals surface area contributed by atoms with Crippen molar-refractivity contribution in [3.63, 3.8) is 0 Å². The number of benzene rings is 2. The minimum atomic E-state index is -0.0817. The third-order valence-electron chi connectivity index (χ3n) is 6.87. The van der Waals surface area contributed by atoms with Crippen LogP contribution in [0.5, 0.6) is 0 Å². The molecule has 1 aliphatic heterocycles. The van der Waals surface area contributed by atoms with E-state index < -0.39 is 0 Å². The summed E-state index contributed by atoms with van der Waals surface area (Å²) in [6.07, 6.45) is 9.24. The Kier molecular flexibility index (Phi) is 4.78. The molecule has 0 saturated heterocycles. The Morgan fingerprint density at radius 1 is 0.906 bits per heavy atom. The number of hydrogen-bond donors (Lipinski definition) is 2. The lowest BCUT2D eigenvalue weighted by Gasteiger charge is -2.11. The normalized spacial score (nSPS) is 15.8. The van der Waals surface area contributed by atoms with Gasteiger partial charge in [0.1, 0.15) is 5.82 Å². The number of fused-ring (bicyclic) bond motifs is 4. The van der Waals surface area contributed by atoms with E-state index in [2.05, 4.69) is 25.1 Å². The van der Waals surface area contributed by atoms with E-state index in [-0.39, 0.29) is 5.91 Å². The first-order valence-electron chi connectivity index (χ1n) is 11.7. The molecule has 2 aliphatic rings. The molecule has 0 spiro atoms. The van der Waals surface area contributed by atoms with Crippen molar-refractivity contribution >= 4 is 22.5 Å². The van der Waals surface area contributed by atoms with Crippen LogP contribution in [0.25, 0.3) is 22.3 Å². The number of rotatable bonds is 3. The summed E-state index contributed by atoms with van der Waals surface area (Å²) in [4.78, 5) is 16.5. The third-order valence-corrected chi connectivity index (χ3v) is 6.87. The predicted molar refractivity (Wildman–Crippen MR) is 126 cm³/mol. The van der Waals surface area contributed by atoms with Crippen LogP contribution < -0.4 is 5.32 Å². The standard InChI is InChI=1S/C26H27N5O/c32-26(18-11-14-23-21(16-18)20-6-3-4-7-22(20)28-23)27-19-12-9-17(10-13-19)25-30-29-24-8-2-1-5-15-31(24)25/h9-14,16,28H,1-8,15H2,(H,27,32). The van der Waals surface area contributed by atoms with Gasteiger partial charge in [0.15, 0.2) is 5.82 Å². The van der Waals surface area contributed by atoms with Crippen molar-refractivity contribution in [3.8, 4) is 11.4 Å². The van der Waals surface area contributed by atoms with E-state index in [1.165, 1.54) is 48.7 Å². The summed E-state index contributed by atoms with van der Waals surface area (Å²) in [6, 6.07) is 13.9. The summed E-state index contributed by atoms with van der Waals surface area (Å²) in [6.45, 7) is 0.974. The summed E-state index contributed by atoms with van der Waals surface area (Å²) < 4.78 is 2.24. The average Bonchev–Trinajstić information content (AvgIpc) is 3.32. The summed E-state index contributed by atoms with van der Waals surface area (Å²) in [5, 5.41) is 13.1. The van der Waals surface area contributed by atoms with Crippen LogP contribution in [0.1, 0.15) is 59.5 Å². The Morgan fingerprint density at radius 3 is 2.66 bits per heavy atom. The molecule has 2 N–H and O–H groups in total. The molecule has 4 aromatic rings. The third kappa shape index (κ3) is 3.40. The van der Waals surface area contributed by atoms with Gasteiger partial charge in [-0.1, -0.05) is 6.42 Å². The number of H-pyrrole nitrogens is 1. The molecule has 1 aliphatic carbocycles. The molecular formula is C26H27N5O. The summed E-state index contributed by atoms with van der Waals surface area (Å²) in [7, 11) is 0. The van der Waals surface area contributed by atoms with Gasteiger partial charge in [0, 0.05) is 46.4 Å². The van der Waals surface area contributed by atoms with Crippen LogP contribution in [0, 0.1) is 0 Å². The molecule has 2 aromatic carbocycles. The Labute approximate surface area is 187 Å². The maximum Gasteiger partial charge on any atom is 0.255 e. The number of amides is 1. The van der Waals surface area contributed by atoms with Gasteiger partial charge in [0.05, 0.1) is 0 Å². The summed E-state index contributed by atoms with van der Waals surface area (Å²) in [5.41, 5.74) is 6.36. The molecular weight excluding hydrogens is 398 g/mol. The smallest absolute Gasteiger partial charge is 0.255 e. The van der Waals surface area contributed by atoms with E-state index in [1.54, 1.807) is 0 Å². The van der Waals surface area contributed by atoms with Crippen LogP contribution in [0.3, 0.4) is 0 Å². The second-order valence-electron chi connectivity index (χ2n) is 8.98. The Hall–Kier alpha value is -3.41. The highest BCUT2D eigenvalue weighted by Gasteiger charge is 2.18. The minimum absolute atomic E-state index is 0.0817. The van der Waals surface area contributed by atoms with Crippen LogP contribution in [0.2, 0.25) is 0 Å². The first-order chi connectivity index (χ1) is 15.8. The molecule has 0 atom stereocenters. The molecule has 6 rings (SSSR count). The SMILES string of the molecule is O=C(Nc1ccc(-c2nnc3n2CCCCC3)cc1)c1ccc2[nH]c3c(c2c1)CCCC3. The Morgan fingerprint density at radius 2 is 1.75 bits per heavy atom. The van der Waals surface area contributed by atoms with E-state index in [0.717, 1.165) is 54.2 Å². The zero-order valence-electron chi connectivity index (χ0n) is 18.2. The lowest BCUT2D eigenvalue weighted by molar-refractivity contribution is 0.102. The number of anilines is 1. The van der Waals surface area contributed by atoms with Gasteiger partial charge in [-0.15, -0.1) is 10.2 Å². The molecule has 32 heavy (non-hydrogen) atoms. The van der Waals surface area contributed by atoms with E-state index in [1.807, 2.05) is 42.5 Å². The molecule has 0 fully saturated rings. The van der Waals surface area contributed by atoms with Gasteiger partial charge in [-0.25, -0.2) is 0 Å². The highest BCUT2D eigenvalue weighted by Crippen LogP contribution is 2.30. The molecule has 3 heterocycles. The first-order valence-corrected chi connectivity index (χ1v) is 11.7. The number of aromatic nitrogens is 4. The first kappa shape index (κ1) is 19.3. The zero-order chi connectivity index (χ0) is 21.5.